The van der Waals surface area contributed by atoms with Crippen molar-refractivity contribution in [1.82, 2.24) is 0 Å². The van der Waals surface area contributed by atoms with Crippen LogP contribution in [0.4, 0.5) is 0 Å². The van der Waals surface area contributed by atoms with Crippen LogP contribution in [0.3, 0.4) is 0 Å². The van der Waals surface area contributed by atoms with E-state index in [-0.39, 0.29) is 0 Å². The Bertz CT molecular complexity index is 519. The highest BCUT2D eigenvalue weighted by Crippen LogP contribution is 2.18. The monoisotopic (exact) mass is 384 g/mol. The summed E-state index contributed by atoms with van der Waals surface area (Å²) >= 11 is 0. The largest absolute Gasteiger partial charge is 0.497 e. The first-order valence-electron chi connectivity index (χ1n) is 12.0. The fourth-order valence-electron chi connectivity index (χ4n) is 3.73. The van der Waals surface area contributed by atoms with Gasteiger partial charge in [-0.05, 0) is 37.1 Å². The first-order valence-corrected chi connectivity index (χ1v) is 12.0. The molecule has 158 valence electrons. The van der Waals surface area contributed by atoms with Crippen LogP contribution in [0.25, 0.3) is 0 Å². The van der Waals surface area contributed by atoms with E-state index in [4.69, 9.17) is 4.74 Å². The van der Waals surface area contributed by atoms with E-state index in [2.05, 4.69) is 37.8 Å². The second-order valence-corrected chi connectivity index (χ2v) is 8.16. The molecule has 0 aliphatic carbocycles. The van der Waals surface area contributed by atoms with Crippen LogP contribution in [0.15, 0.2) is 24.3 Å². The Labute approximate surface area is 175 Å². The van der Waals surface area contributed by atoms with Crippen LogP contribution in [0.5, 0.6) is 5.75 Å². The van der Waals surface area contributed by atoms with Crippen molar-refractivity contribution in [3.05, 3.63) is 29.8 Å². The highest BCUT2D eigenvalue weighted by atomic mass is 16.5. The summed E-state index contributed by atoms with van der Waals surface area (Å²) in [6.07, 6.45) is 20.7. The lowest BCUT2D eigenvalue weighted by atomic mass is 9.96. The lowest BCUT2D eigenvalue weighted by Crippen LogP contribution is -1.97. The van der Waals surface area contributed by atoms with Gasteiger partial charge in [0, 0.05) is 11.5 Å². The lowest BCUT2D eigenvalue weighted by molar-refractivity contribution is 0.415. The SMILES string of the molecule is CCCCCCCCCCCCCCC(C#Cc1ccc(OC)cc1)CCC. The van der Waals surface area contributed by atoms with Crippen LogP contribution in [0.1, 0.15) is 116 Å². The Morgan fingerprint density at radius 2 is 1.21 bits per heavy atom. The molecule has 0 fully saturated rings. The molecule has 1 unspecified atom stereocenters. The Balaban J connectivity index is 2.11. The van der Waals surface area contributed by atoms with Crippen molar-refractivity contribution in [1.29, 1.82) is 0 Å². The summed E-state index contributed by atoms with van der Waals surface area (Å²) in [6, 6.07) is 8.09. The van der Waals surface area contributed by atoms with Crippen molar-refractivity contribution >= 4 is 0 Å². The second kappa shape index (κ2) is 17.7. The van der Waals surface area contributed by atoms with Crippen molar-refractivity contribution in [2.24, 2.45) is 5.92 Å². The smallest absolute Gasteiger partial charge is 0.118 e. The lowest BCUT2D eigenvalue weighted by Gasteiger charge is -2.09. The third-order valence-corrected chi connectivity index (χ3v) is 5.55. The van der Waals surface area contributed by atoms with Gasteiger partial charge in [0.2, 0.25) is 0 Å². The van der Waals surface area contributed by atoms with Gasteiger partial charge < -0.3 is 4.74 Å². The standard InChI is InChI=1S/C27H44O/c1-4-6-7-8-9-10-11-12-13-14-15-16-18-25(17-5-2)19-20-26-21-23-27(28-3)24-22-26/h21-25H,4-18H2,1-3H3. The average molecular weight is 385 g/mol. The molecule has 0 aromatic heterocycles. The number of unbranched alkanes of at least 4 members (excludes halogenated alkanes) is 11. The third-order valence-electron chi connectivity index (χ3n) is 5.55. The van der Waals surface area contributed by atoms with E-state index in [1.54, 1.807) is 7.11 Å². The van der Waals surface area contributed by atoms with Gasteiger partial charge in [-0.3, -0.25) is 0 Å². The first kappa shape index (κ1) is 24.6. The number of methoxy groups -OCH3 is 1. The second-order valence-electron chi connectivity index (χ2n) is 8.16. The van der Waals surface area contributed by atoms with Crippen molar-refractivity contribution in [3.63, 3.8) is 0 Å². The summed E-state index contributed by atoms with van der Waals surface area (Å²) in [5, 5.41) is 0. The number of ether oxygens (including phenoxy) is 1. The zero-order valence-electron chi connectivity index (χ0n) is 18.9. The number of hydrogen-bond acceptors (Lipinski definition) is 1. The van der Waals surface area contributed by atoms with Gasteiger partial charge in [-0.25, -0.2) is 0 Å². The van der Waals surface area contributed by atoms with Crippen LogP contribution >= 0.6 is 0 Å². The van der Waals surface area contributed by atoms with Crippen molar-refractivity contribution in [2.45, 2.75) is 110 Å². The van der Waals surface area contributed by atoms with Gasteiger partial charge in [-0.2, -0.15) is 0 Å². The predicted molar refractivity (Wildman–Crippen MR) is 124 cm³/mol. The van der Waals surface area contributed by atoms with Gasteiger partial charge in [0.25, 0.3) is 0 Å². The molecule has 0 aliphatic rings. The number of hydrogen-bond donors (Lipinski definition) is 0. The van der Waals surface area contributed by atoms with Gasteiger partial charge in [-0.1, -0.05) is 109 Å². The summed E-state index contributed by atoms with van der Waals surface area (Å²) in [7, 11) is 1.70. The quantitative estimate of drug-likeness (QED) is 0.205. The molecule has 0 bridgehead atoms. The van der Waals surface area contributed by atoms with E-state index < -0.39 is 0 Å². The van der Waals surface area contributed by atoms with Crippen molar-refractivity contribution in [2.75, 3.05) is 7.11 Å². The molecule has 1 aromatic carbocycles. The fourth-order valence-corrected chi connectivity index (χ4v) is 3.73. The molecule has 1 nitrogen and oxygen atoms in total. The molecule has 0 saturated carbocycles. The maximum atomic E-state index is 5.21. The first-order chi connectivity index (χ1) is 13.8. The van der Waals surface area contributed by atoms with E-state index >= 15 is 0 Å². The summed E-state index contributed by atoms with van der Waals surface area (Å²) in [5.41, 5.74) is 1.09. The Kier molecular flexibility index (Phi) is 15.5. The Morgan fingerprint density at radius 3 is 1.71 bits per heavy atom. The zero-order valence-corrected chi connectivity index (χ0v) is 18.9. The van der Waals surface area contributed by atoms with Gasteiger partial charge in [0.05, 0.1) is 7.11 Å². The molecule has 28 heavy (non-hydrogen) atoms. The number of benzene rings is 1. The highest BCUT2D eigenvalue weighted by Gasteiger charge is 2.04. The number of rotatable bonds is 16. The minimum atomic E-state index is 0.551. The molecular weight excluding hydrogens is 340 g/mol. The summed E-state index contributed by atoms with van der Waals surface area (Å²) in [4.78, 5) is 0. The minimum Gasteiger partial charge on any atom is -0.497 e. The highest BCUT2D eigenvalue weighted by molar-refractivity contribution is 5.38. The molecule has 0 saturated heterocycles. The molecule has 0 spiro atoms. The van der Waals surface area contributed by atoms with Crippen LogP contribution in [0.2, 0.25) is 0 Å². The van der Waals surface area contributed by atoms with Gasteiger partial charge in [0.1, 0.15) is 5.75 Å². The Hall–Kier alpha value is -1.42. The van der Waals surface area contributed by atoms with Gasteiger partial charge >= 0.3 is 0 Å². The van der Waals surface area contributed by atoms with E-state index in [0.717, 1.165) is 11.3 Å². The van der Waals surface area contributed by atoms with Gasteiger partial charge in [0.15, 0.2) is 0 Å². The Morgan fingerprint density at radius 1 is 0.679 bits per heavy atom. The zero-order chi connectivity index (χ0) is 20.3. The maximum absolute atomic E-state index is 5.21. The minimum absolute atomic E-state index is 0.551. The average Bonchev–Trinajstić information content (AvgIpc) is 2.73. The van der Waals surface area contributed by atoms with Crippen molar-refractivity contribution < 1.29 is 4.74 Å². The van der Waals surface area contributed by atoms with Gasteiger partial charge in [-0.15, -0.1) is 0 Å². The maximum Gasteiger partial charge on any atom is 0.118 e. The topological polar surface area (TPSA) is 9.23 Å². The summed E-state index contributed by atoms with van der Waals surface area (Å²) in [6.45, 7) is 4.56. The molecule has 0 N–H and O–H groups in total. The van der Waals surface area contributed by atoms with Crippen LogP contribution < -0.4 is 4.74 Å². The third kappa shape index (κ3) is 12.9. The molecule has 1 atom stereocenters. The normalized spacial score (nSPS) is 11.7. The van der Waals surface area contributed by atoms with Crippen molar-refractivity contribution in [3.8, 4) is 17.6 Å². The molecule has 1 rings (SSSR count). The van der Waals surface area contributed by atoms with E-state index in [9.17, 15) is 0 Å². The molecule has 1 aromatic rings. The summed E-state index contributed by atoms with van der Waals surface area (Å²) in [5.74, 6) is 8.34. The summed E-state index contributed by atoms with van der Waals surface area (Å²) < 4.78 is 5.21. The molecule has 0 radical (unpaired) electrons. The van der Waals surface area contributed by atoms with E-state index in [1.807, 2.05) is 12.1 Å². The molecule has 0 amide bonds. The molecule has 1 heteroatoms. The molecular formula is C27H44O. The van der Waals surface area contributed by atoms with E-state index in [0.29, 0.717) is 5.92 Å². The molecule has 0 heterocycles. The predicted octanol–water partition coefficient (Wildman–Crippen LogP) is 8.55. The van der Waals surface area contributed by atoms with E-state index in [1.165, 1.54) is 96.3 Å². The fraction of sp³-hybridized carbons (Fsp3) is 0.704. The molecule has 0 aliphatic heterocycles. The van der Waals surface area contributed by atoms with Crippen LogP contribution in [-0.2, 0) is 0 Å². The van der Waals surface area contributed by atoms with Crippen LogP contribution in [-0.4, -0.2) is 7.11 Å². The van der Waals surface area contributed by atoms with Crippen LogP contribution in [0, 0.1) is 17.8 Å².